The lowest BCUT2D eigenvalue weighted by Gasteiger charge is -2.37. The number of aliphatic carboxylic acids is 1. The number of thioether (sulfide) groups is 1. The molecule has 1 atom stereocenters. The van der Waals surface area contributed by atoms with E-state index in [9.17, 15) is 14.7 Å². The smallest absolute Gasteiger partial charge is 0.329 e. The van der Waals surface area contributed by atoms with Gasteiger partial charge in [-0.3, -0.25) is 0 Å². The van der Waals surface area contributed by atoms with Gasteiger partial charge in [-0.25, -0.2) is 9.59 Å². The third-order valence-corrected chi connectivity index (χ3v) is 4.78. The molecular formula is C12H22N2O3S. The van der Waals surface area contributed by atoms with Gasteiger partial charge in [0.2, 0.25) is 0 Å². The highest BCUT2D eigenvalue weighted by Gasteiger charge is 2.38. The normalized spacial score (nSPS) is 20.6. The quantitative estimate of drug-likeness (QED) is 0.820. The van der Waals surface area contributed by atoms with E-state index in [0.717, 1.165) is 11.5 Å². The standard InChI is InChI=1S/C12H22N2O3S/c1-4-12(5-2,10(15)16)13-11(17)14-6-7-18-8-9(14)3/h9H,4-8H2,1-3H3,(H,13,17)(H,15,16). The molecule has 1 fully saturated rings. The number of nitrogens with zero attached hydrogens (tertiary/aromatic N) is 1. The molecule has 0 aromatic carbocycles. The topological polar surface area (TPSA) is 69.6 Å². The average Bonchev–Trinajstić information content (AvgIpc) is 2.36. The summed E-state index contributed by atoms with van der Waals surface area (Å²) < 4.78 is 0. The summed E-state index contributed by atoms with van der Waals surface area (Å²) in [5, 5.41) is 12.0. The molecule has 1 rings (SSSR count). The van der Waals surface area contributed by atoms with Gasteiger partial charge in [0, 0.05) is 24.1 Å². The molecule has 0 spiro atoms. The number of carboxylic acid groups (broad SMARTS) is 1. The lowest BCUT2D eigenvalue weighted by Crippen LogP contribution is -2.59. The zero-order valence-corrected chi connectivity index (χ0v) is 12.0. The van der Waals surface area contributed by atoms with E-state index < -0.39 is 11.5 Å². The maximum atomic E-state index is 12.2. The molecular weight excluding hydrogens is 252 g/mol. The predicted molar refractivity (Wildman–Crippen MR) is 73.0 cm³/mol. The highest BCUT2D eigenvalue weighted by Crippen LogP contribution is 2.19. The van der Waals surface area contributed by atoms with Crippen molar-refractivity contribution < 1.29 is 14.7 Å². The summed E-state index contributed by atoms with van der Waals surface area (Å²) in [5.74, 6) is 0.863. The second kappa shape index (κ2) is 6.31. The first kappa shape index (κ1) is 15.1. The minimum atomic E-state index is -1.14. The summed E-state index contributed by atoms with van der Waals surface area (Å²) >= 11 is 1.82. The molecule has 0 saturated carbocycles. The number of carboxylic acids is 1. The number of carbonyl (C=O) groups excluding carboxylic acids is 1. The molecule has 1 unspecified atom stereocenters. The summed E-state index contributed by atoms with van der Waals surface area (Å²) in [4.78, 5) is 25.3. The Balaban J connectivity index is 2.75. The Labute approximate surface area is 112 Å². The van der Waals surface area contributed by atoms with Gasteiger partial charge < -0.3 is 15.3 Å². The van der Waals surface area contributed by atoms with Crippen LogP contribution in [0.5, 0.6) is 0 Å². The molecule has 0 bridgehead atoms. The number of rotatable bonds is 4. The Morgan fingerprint density at radius 3 is 2.50 bits per heavy atom. The molecule has 2 N–H and O–H groups in total. The van der Waals surface area contributed by atoms with Crippen LogP contribution in [0.1, 0.15) is 33.6 Å². The van der Waals surface area contributed by atoms with E-state index >= 15 is 0 Å². The zero-order valence-electron chi connectivity index (χ0n) is 11.2. The SMILES string of the molecule is CCC(CC)(NC(=O)N1CCSCC1C)C(=O)O. The van der Waals surface area contributed by atoms with Gasteiger partial charge in [-0.1, -0.05) is 13.8 Å². The molecule has 2 amide bonds. The first-order valence-electron chi connectivity index (χ1n) is 6.36. The molecule has 1 saturated heterocycles. The van der Waals surface area contributed by atoms with E-state index in [4.69, 9.17) is 0 Å². The maximum absolute atomic E-state index is 12.2. The molecule has 0 radical (unpaired) electrons. The summed E-state index contributed by atoms with van der Waals surface area (Å²) in [7, 11) is 0. The van der Waals surface area contributed by atoms with E-state index in [-0.39, 0.29) is 12.1 Å². The number of hydrogen-bond donors (Lipinski definition) is 2. The summed E-state index contributed by atoms with van der Waals surface area (Å²) in [5.41, 5.74) is -1.14. The van der Waals surface area contributed by atoms with Gasteiger partial charge >= 0.3 is 12.0 Å². The van der Waals surface area contributed by atoms with Crippen molar-refractivity contribution >= 4 is 23.8 Å². The zero-order chi connectivity index (χ0) is 13.8. The molecule has 0 aliphatic carbocycles. The first-order valence-corrected chi connectivity index (χ1v) is 7.52. The molecule has 18 heavy (non-hydrogen) atoms. The molecule has 5 nitrogen and oxygen atoms in total. The minimum Gasteiger partial charge on any atom is -0.480 e. The van der Waals surface area contributed by atoms with Gasteiger partial charge in [-0.05, 0) is 19.8 Å². The van der Waals surface area contributed by atoms with Gasteiger partial charge in [-0.15, -0.1) is 0 Å². The third kappa shape index (κ3) is 3.10. The number of amides is 2. The van der Waals surface area contributed by atoms with Crippen molar-refractivity contribution in [2.24, 2.45) is 0 Å². The van der Waals surface area contributed by atoms with Crippen molar-refractivity contribution in [3.8, 4) is 0 Å². The second-order valence-electron chi connectivity index (χ2n) is 4.64. The van der Waals surface area contributed by atoms with Crippen molar-refractivity contribution in [3.05, 3.63) is 0 Å². The minimum absolute atomic E-state index is 0.156. The summed E-state index contributed by atoms with van der Waals surface area (Å²) in [6, 6.07) is -0.0992. The Morgan fingerprint density at radius 2 is 2.06 bits per heavy atom. The number of carbonyl (C=O) groups is 2. The average molecular weight is 274 g/mol. The third-order valence-electron chi connectivity index (χ3n) is 3.59. The van der Waals surface area contributed by atoms with Crippen LogP contribution in [0.2, 0.25) is 0 Å². The van der Waals surface area contributed by atoms with Crippen LogP contribution in [0.15, 0.2) is 0 Å². The molecule has 1 aliphatic rings. The van der Waals surface area contributed by atoms with Gasteiger partial charge in [0.15, 0.2) is 0 Å². The largest absolute Gasteiger partial charge is 0.480 e. The van der Waals surface area contributed by atoms with Crippen LogP contribution in [0, 0.1) is 0 Å². The highest BCUT2D eigenvalue weighted by atomic mass is 32.2. The van der Waals surface area contributed by atoms with E-state index in [1.54, 1.807) is 18.7 Å². The number of urea groups is 1. The molecule has 1 aliphatic heterocycles. The predicted octanol–water partition coefficient (Wildman–Crippen LogP) is 1.78. The van der Waals surface area contributed by atoms with Crippen LogP contribution in [0.25, 0.3) is 0 Å². The van der Waals surface area contributed by atoms with Crippen LogP contribution in [-0.2, 0) is 4.79 Å². The van der Waals surface area contributed by atoms with Crippen molar-refractivity contribution in [2.45, 2.75) is 45.2 Å². The highest BCUT2D eigenvalue weighted by molar-refractivity contribution is 7.99. The molecule has 104 valence electrons. The number of nitrogens with one attached hydrogen (secondary N) is 1. The van der Waals surface area contributed by atoms with Gasteiger partial charge in [-0.2, -0.15) is 11.8 Å². The Morgan fingerprint density at radius 1 is 1.44 bits per heavy atom. The van der Waals surface area contributed by atoms with Crippen molar-refractivity contribution in [1.82, 2.24) is 10.2 Å². The van der Waals surface area contributed by atoms with Crippen molar-refractivity contribution in [3.63, 3.8) is 0 Å². The van der Waals surface area contributed by atoms with E-state index in [0.29, 0.717) is 19.4 Å². The van der Waals surface area contributed by atoms with Gasteiger partial charge in [0.1, 0.15) is 5.54 Å². The second-order valence-corrected chi connectivity index (χ2v) is 5.79. The molecule has 6 heteroatoms. The van der Waals surface area contributed by atoms with Crippen LogP contribution in [-0.4, -0.2) is 51.6 Å². The lowest BCUT2D eigenvalue weighted by molar-refractivity contribution is -0.144. The Bertz CT molecular complexity index is 318. The van der Waals surface area contributed by atoms with E-state index in [1.807, 2.05) is 18.7 Å². The first-order chi connectivity index (χ1) is 8.46. The van der Waals surface area contributed by atoms with E-state index in [1.165, 1.54) is 0 Å². The lowest BCUT2D eigenvalue weighted by atomic mass is 9.93. The van der Waals surface area contributed by atoms with Gasteiger partial charge in [0.05, 0.1) is 0 Å². The summed E-state index contributed by atoms with van der Waals surface area (Å²) in [6.07, 6.45) is 0.781. The molecule has 1 heterocycles. The van der Waals surface area contributed by atoms with Crippen LogP contribution in [0.3, 0.4) is 0 Å². The van der Waals surface area contributed by atoms with Crippen LogP contribution >= 0.6 is 11.8 Å². The fraction of sp³-hybridized carbons (Fsp3) is 0.833. The van der Waals surface area contributed by atoms with Gasteiger partial charge in [0.25, 0.3) is 0 Å². The molecule has 0 aromatic heterocycles. The van der Waals surface area contributed by atoms with Crippen LogP contribution < -0.4 is 5.32 Å². The fourth-order valence-corrected chi connectivity index (χ4v) is 3.10. The molecule has 0 aromatic rings. The monoisotopic (exact) mass is 274 g/mol. The van der Waals surface area contributed by atoms with Crippen LogP contribution in [0.4, 0.5) is 4.79 Å². The summed E-state index contributed by atoms with van der Waals surface area (Å²) in [6.45, 7) is 6.24. The van der Waals surface area contributed by atoms with E-state index in [2.05, 4.69) is 5.32 Å². The Kier molecular flexibility index (Phi) is 5.31. The number of hydrogen-bond acceptors (Lipinski definition) is 3. The fourth-order valence-electron chi connectivity index (χ4n) is 2.09. The van der Waals surface area contributed by atoms with Crippen molar-refractivity contribution in [2.75, 3.05) is 18.1 Å². The Hall–Kier alpha value is -0.910. The van der Waals surface area contributed by atoms with Crippen molar-refractivity contribution in [1.29, 1.82) is 0 Å². The maximum Gasteiger partial charge on any atom is 0.329 e.